The molecule has 1 aliphatic carbocycles. The third-order valence-corrected chi connectivity index (χ3v) is 6.46. The first-order valence-corrected chi connectivity index (χ1v) is 12.5. The maximum Gasteiger partial charge on any atom is 0.167 e. The molecule has 2 aromatic carbocycles. The lowest BCUT2D eigenvalue weighted by molar-refractivity contribution is 0.157. The molecule has 2 aliphatic heterocycles. The first kappa shape index (κ1) is 25.9. The minimum Gasteiger partial charge on any atom is -0.508 e. The largest absolute Gasteiger partial charge is 0.508 e. The number of hydrogen-bond donors (Lipinski definition) is 2. The van der Waals surface area contributed by atoms with E-state index in [2.05, 4.69) is 22.4 Å². The molecule has 3 heterocycles. The van der Waals surface area contributed by atoms with E-state index in [4.69, 9.17) is 4.52 Å². The molecule has 6 rings (SSSR count). The van der Waals surface area contributed by atoms with Crippen molar-refractivity contribution >= 4 is 0 Å². The number of benzene rings is 2. The van der Waals surface area contributed by atoms with Gasteiger partial charge < -0.3 is 19.8 Å². The monoisotopic (exact) mass is 467 g/mol. The van der Waals surface area contributed by atoms with E-state index in [0.717, 1.165) is 28.8 Å². The van der Waals surface area contributed by atoms with Crippen molar-refractivity contribution in [2.24, 2.45) is 5.92 Å². The molecule has 3 aliphatic rings. The van der Waals surface area contributed by atoms with Gasteiger partial charge >= 0.3 is 0 Å². The zero-order chi connectivity index (χ0) is 24.3. The van der Waals surface area contributed by atoms with Crippen molar-refractivity contribution in [2.45, 2.75) is 65.1 Å². The van der Waals surface area contributed by atoms with Gasteiger partial charge in [-0.05, 0) is 80.6 Å². The Morgan fingerprint density at radius 2 is 1.82 bits per heavy atom. The molecule has 2 unspecified atom stereocenters. The van der Waals surface area contributed by atoms with Crippen molar-refractivity contribution in [1.29, 1.82) is 0 Å². The fraction of sp³-hybridized carbons (Fsp3) is 0.464. The van der Waals surface area contributed by atoms with Crippen molar-refractivity contribution < 1.29 is 14.0 Å². The Labute approximate surface area is 203 Å². The summed E-state index contributed by atoms with van der Waals surface area (Å²) in [6.07, 6.45) is 7.43. The summed E-state index contributed by atoms with van der Waals surface area (Å²) >= 11 is 0. The van der Waals surface area contributed by atoms with Crippen molar-refractivity contribution in [2.75, 3.05) is 13.6 Å². The van der Waals surface area contributed by atoms with Crippen LogP contribution in [0.3, 0.4) is 0 Å². The molecular weight excluding hydrogens is 429 g/mol. The van der Waals surface area contributed by atoms with Crippen molar-refractivity contribution in [1.82, 2.24) is 15.4 Å². The average Bonchev–Trinajstić information content (AvgIpc) is 3.09. The lowest BCUT2D eigenvalue weighted by Crippen LogP contribution is -2.37. The van der Waals surface area contributed by atoms with Crippen LogP contribution in [0.1, 0.15) is 57.2 Å². The number of phenols is 1. The minimum atomic E-state index is -0.281. The first-order valence-electron chi connectivity index (χ1n) is 12.5. The number of hydrogen-bond acceptors (Lipinski definition) is 5. The summed E-state index contributed by atoms with van der Waals surface area (Å²) in [5.41, 5.74) is 2.54. The number of nitrogens with zero attached hydrogens (tertiary/aromatic N) is 2. The predicted octanol–water partition coefficient (Wildman–Crippen LogP) is 6.38. The number of fused-ring (bicyclic) bond motifs is 4. The van der Waals surface area contributed by atoms with Gasteiger partial charge in [-0.3, -0.25) is 0 Å². The number of aromatic nitrogens is 1. The van der Waals surface area contributed by atoms with Crippen LogP contribution in [0.25, 0.3) is 11.3 Å². The van der Waals surface area contributed by atoms with E-state index in [-0.39, 0.29) is 11.6 Å². The maximum absolute atomic E-state index is 12.9. The molecule has 2 saturated heterocycles. The summed E-state index contributed by atoms with van der Waals surface area (Å²) in [4.78, 5) is 2.57. The second kappa shape index (κ2) is 13.3. The van der Waals surface area contributed by atoms with E-state index >= 15 is 0 Å². The molecular formula is C28H38FN3O2. The van der Waals surface area contributed by atoms with Crippen LogP contribution >= 0.6 is 0 Å². The number of aromatic hydroxyl groups is 1. The fourth-order valence-electron chi connectivity index (χ4n) is 4.69. The predicted molar refractivity (Wildman–Crippen MR) is 135 cm³/mol. The highest BCUT2D eigenvalue weighted by Gasteiger charge is 2.28. The molecule has 2 atom stereocenters. The van der Waals surface area contributed by atoms with E-state index in [1.165, 1.54) is 50.8 Å². The van der Waals surface area contributed by atoms with E-state index in [1.807, 2.05) is 26.0 Å². The quantitative estimate of drug-likeness (QED) is 0.456. The molecule has 184 valence electrons. The molecule has 0 radical (unpaired) electrons. The van der Waals surface area contributed by atoms with Gasteiger partial charge in [-0.2, -0.15) is 0 Å². The van der Waals surface area contributed by atoms with Gasteiger partial charge in [-0.1, -0.05) is 37.6 Å². The molecule has 0 spiro atoms. The first-order chi connectivity index (χ1) is 16.6. The summed E-state index contributed by atoms with van der Waals surface area (Å²) in [5.74, 6) is 1.62. The Balaban J connectivity index is 0.000000224. The number of nitrogens with one attached hydrogen (secondary N) is 1. The van der Waals surface area contributed by atoms with Gasteiger partial charge in [0.15, 0.2) is 5.76 Å². The Hall–Kier alpha value is -2.70. The molecule has 3 aromatic rings. The SMILES string of the molecule is CC.CN1CC2CCCC1CC2.Oc1cccc(CNCc2cc(-c3ccc(F)cc3)on2)c1. The van der Waals surface area contributed by atoms with Gasteiger partial charge in [0.05, 0.1) is 5.69 Å². The van der Waals surface area contributed by atoms with Crippen LogP contribution in [-0.2, 0) is 13.1 Å². The van der Waals surface area contributed by atoms with Crippen LogP contribution in [0.4, 0.5) is 4.39 Å². The van der Waals surface area contributed by atoms with Gasteiger partial charge in [-0.25, -0.2) is 4.39 Å². The second-order valence-corrected chi connectivity index (χ2v) is 8.93. The Morgan fingerprint density at radius 1 is 1.03 bits per heavy atom. The molecule has 2 bridgehead atoms. The minimum absolute atomic E-state index is 0.249. The molecule has 2 N–H and O–H groups in total. The molecule has 1 aromatic heterocycles. The average molecular weight is 468 g/mol. The zero-order valence-corrected chi connectivity index (χ0v) is 20.6. The molecule has 34 heavy (non-hydrogen) atoms. The standard InChI is InChI=1S/C17H15FN2O2.C9H17N.C2H6/c18-14-6-4-13(5-7-14)17-9-15(20-22-17)11-19-10-12-2-1-3-16(21)8-12;1-10-7-8-3-2-4-9(10)6-5-8;1-2/h1-9,19,21H,10-11H2;8-9H,2-7H2,1H3;1-2H3. The van der Waals surface area contributed by atoms with Crippen molar-refractivity contribution in [3.63, 3.8) is 0 Å². The van der Waals surface area contributed by atoms with Crippen molar-refractivity contribution in [3.05, 3.63) is 71.7 Å². The lowest BCUT2D eigenvalue weighted by Gasteiger charge is -2.33. The number of piperidine rings is 1. The maximum atomic E-state index is 12.9. The summed E-state index contributed by atoms with van der Waals surface area (Å²) in [5, 5.41) is 16.6. The van der Waals surface area contributed by atoms with Crippen LogP contribution in [0.15, 0.2) is 59.1 Å². The lowest BCUT2D eigenvalue weighted by atomic mass is 9.95. The van der Waals surface area contributed by atoms with Gasteiger partial charge in [0.1, 0.15) is 11.6 Å². The Morgan fingerprint density at radius 3 is 2.56 bits per heavy atom. The third kappa shape index (κ3) is 7.67. The molecule has 6 heteroatoms. The topological polar surface area (TPSA) is 61.5 Å². The fourth-order valence-corrected chi connectivity index (χ4v) is 4.69. The smallest absolute Gasteiger partial charge is 0.167 e. The summed E-state index contributed by atoms with van der Waals surface area (Å²) in [6.45, 7) is 6.54. The summed E-state index contributed by atoms with van der Waals surface area (Å²) in [7, 11) is 2.29. The molecule has 3 fully saturated rings. The van der Waals surface area contributed by atoms with Crippen LogP contribution < -0.4 is 5.32 Å². The molecule has 0 amide bonds. The molecule has 1 saturated carbocycles. The van der Waals surface area contributed by atoms with E-state index in [9.17, 15) is 9.50 Å². The normalized spacial score (nSPS) is 19.4. The molecule has 5 nitrogen and oxygen atoms in total. The van der Waals surface area contributed by atoms with Gasteiger partial charge in [0.2, 0.25) is 0 Å². The van der Waals surface area contributed by atoms with Crippen LogP contribution in [0.2, 0.25) is 0 Å². The Bertz CT molecular complexity index is 985. The zero-order valence-electron chi connectivity index (χ0n) is 20.6. The van der Waals surface area contributed by atoms with Crippen LogP contribution in [-0.4, -0.2) is 34.8 Å². The highest BCUT2D eigenvalue weighted by atomic mass is 19.1. The highest BCUT2D eigenvalue weighted by molar-refractivity contribution is 5.57. The van der Waals surface area contributed by atoms with E-state index in [0.29, 0.717) is 18.8 Å². The number of phenolic OH excluding ortho intramolecular Hbond substituents is 1. The second-order valence-electron chi connectivity index (χ2n) is 8.93. The number of halogens is 1. The van der Waals surface area contributed by atoms with Crippen molar-refractivity contribution in [3.8, 4) is 17.1 Å². The Kier molecular flexibility index (Phi) is 10.1. The van der Waals surface area contributed by atoms with E-state index in [1.54, 1.807) is 30.3 Å². The summed E-state index contributed by atoms with van der Waals surface area (Å²) < 4.78 is 18.1. The van der Waals surface area contributed by atoms with Gasteiger partial charge in [0, 0.05) is 37.3 Å². The summed E-state index contributed by atoms with van der Waals surface area (Å²) in [6, 6.07) is 15.9. The third-order valence-electron chi connectivity index (χ3n) is 6.46. The van der Waals surface area contributed by atoms with Gasteiger partial charge in [-0.15, -0.1) is 0 Å². The van der Waals surface area contributed by atoms with E-state index < -0.39 is 0 Å². The number of rotatable bonds is 5. The van der Waals surface area contributed by atoms with Crippen LogP contribution in [0, 0.1) is 11.7 Å². The van der Waals surface area contributed by atoms with Gasteiger partial charge in [0.25, 0.3) is 0 Å². The highest BCUT2D eigenvalue weighted by Crippen LogP contribution is 2.31. The van der Waals surface area contributed by atoms with Crippen LogP contribution in [0.5, 0.6) is 5.75 Å².